The van der Waals surface area contributed by atoms with E-state index in [-0.39, 0.29) is 27.9 Å². The van der Waals surface area contributed by atoms with Crippen LogP contribution in [-0.2, 0) is 26.8 Å². The topological polar surface area (TPSA) is 105 Å². The standard InChI is InChI=1S/C28H26O8S2/c1-20-4-13-25(14-5-20)37(29,30)35-27-17-8-22(19-34-24-11-9-23(33-3)10-12-24)18-28(27)36-38(31,32)26-15-6-21(2)7-16-26/h4-18H,19H2,1-3H3. The summed E-state index contributed by atoms with van der Waals surface area (Å²) < 4.78 is 73.5. The Morgan fingerprint density at radius 3 is 1.55 bits per heavy atom. The largest absolute Gasteiger partial charge is 0.497 e. The molecular formula is C28H26O8S2. The van der Waals surface area contributed by atoms with Crippen molar-refractivity contribution in [2.24, 2.45) is 0 Å². The van der Waals surface area contributed by atoms with Gasteiger partial charge in [0, 0.05) is 0 Å². The fraction of sp³-hybridized carbons (Fsp3) is 0.143. The molecule has 0 aliphatic heterocycles. The maximum Gasteiger partial charge on any atom is 0.339 e. The van der Waals surface area contributed by atoms with Crippen LogP contribution in [0.5, 0.6) is 23.0 Å². The van der Waals surface area contributed by atoms with E-state index in [2.05, 4.69) is 0 Å². The van der Waals surface area contributed by atoms with Crippen molar-refractivity contribution >= 4 is 20.2 Å². The molecule has 4 rings (SSSR count). The summed E-state index contributed by atoms with van der Waals surface area (Å²) in [6, 6.07) is 23.4. The third kappa shape index (κ3) is 6.64. The Labute approximate surface area is 222 Å². The minimum Gasteiger partial charge on any atom is -0.497 e. The zero-order valence-corrected chi connectivity index (χ0v) is 22.6. The van der Waals surface area contributed by atoms with Gasteiger partial charge in [-0.25, -0.2) is 0 Å². The molecule has 10 heteroatoms. The van der Waals surface area contributed by atoms with Gasteiger partial charge in [-0.2, -0.15) is 16.8 Å². The molecule has 0 heterocycles. The maximum atomic E-state index is 13.0. The lowest BCUT2D eigenvalue weighted by atomic mass is 10.2. The molecule has 0 aromatic heterocycles. The van der Waals surface area contributed by atoms with Crippen LogP contribution in [0.1, 0.15) is 16.7 Å². The van der Waals surface area contributed by atoms with Gasteiger partial charge in [-0.05, 0) is 80.1 Å². The van der Waals surface area contributed by atoms with Gasteiger partial charge >= 0.3 is 20.2 Å². The molecule has 0 N–H and O–H groups in total. The number of aryl methyl sites for hydroxylation is 2. The number of ether oxygens (including phenoxy) is 2. The zero-order chi connectivity index (χ0) is 27.3. The summed E-state index contributed by atoms with van der Waals surface area (Å²) in [5.41, 5.74) is 2.27. The van der Waals surface area contributed by atoms with Crippen molar-refractivity contribution in [2.75, 3.05) is 7.11 Å². The van der Waals surface area contributed by atoms with Gasteiger partial charge in [0.05, 0.1) is 7.11 Å². The van der Waals surface area contributed by atoms with Crippen LogP contribution in [0.15, 0.2) is 101 Å². The summed E-state index contributed by atoms with van der Waals surface area (Å²) in [6.07, 6.45) is 0. The van der Waals surface area contributed by atoms with E-state index in [9.17, 15) is 16.8 Å². The van der Waals surface area contributed by atoms with Crippen LogP contribution in [0.2, 0.25) is 0 Å². The second-order valence-corrected chi connectivity index (χ2v) is 11.5. The molecule has 4 aromatic carbocycles. The van der Waals surface area contributed by atoms with Crippen molar-refractivity contribution in [2.45, 2.75) is 30.2 Å². The van der Waals surface area contributed by atoms with Gasteiger partial charge in [0.1, 0.15) is 27.9 Å². The second-order valence-electron chi connectivity index (χ2n) is 8.45. The van der Waals surface area contributed by atoms with E-state index in [1.165, 1.54) is 36.4 Å². The Morgan fingerprint density at radius 1 is 0.579 bits per heavy atom. The number of rotatable bonds is 10. The van der Waals surface area contributed by atoms with Crippen molar-refractivity contribution < 1.29 is 34.7 Å². The lowest BCUT2D eigenvalue weighted by Gasteiger charge is -2.15. The molecule has 0 aliphatic rings. The lowest BCUT2D eigenvalue weighted by Crippen LogP contribution is -2.14. The van der Waals surface area contributed by atoms with Gasteiger partial charge < -0.3 is 17.8 Å². The number of hydrogen-bond acceptors (Lipinski definition) is 8. The molecule has 0 aliphatic carbocycles. The summed E-state index contributed by atoms with van der Waals surface area (Å²) in [4.78, 5) is -0.169. The van der Waals surface area contributed by atoms with Crippen LogP contribution < -0.4 is 17.8 Å². The molecule has 4 aromatic rings. The van der Waals surface area contributed by atoms with Gasteiger partial charge in [-0.3, -0.25) is 0 Å². The van der Waals surface area contributed by atoms with Crippen LogP contribution in [0.25, 0.3) is 0 Å². The number of benzene rings is 4. The SMILES string of the molecule is COc1ccc(OCc2ccc(OS(=O)(=O)c3ccc(C)cc3)c(OS(=O)(=O)c3ccc(C)cc3)c2)cc1. The molecule has 0 unspecified atom stereocenters. The molecule has 0 atom stereocenters. The van der Waals surface area contributed by atoms with E-state index in [0.717, 1.165) is 11.1 Å². The first kappa shape index (κ1) is 27.0. The summed E-state index contributed by atoms with van der Waals surface area (Å²) >= 11 is 0. The molecule has 0 spiro atoms. The molecule has 0 saturated carbocycles. The average molecular weight is 555 g/mol. The highest BCUT2D eigenvalue weighted by Gasteiger charge is 2.24. The highest BCUT2D eigenvalue weighted by Crippen LogP contribution is 2.34. The third-order valence-electron chi connectivity index (χ3n) is 5.49. The molecule has 0 fully saturated rings. The fourth-order valence-electron chi connectivity index (χ4n) is 3.36. The van der Waals surface area contributed by atoms with E-state index >= 15 is 0 Å². The average Bonchev–Trinajstić information content (AvgIpc) is 2.89. The number of hydrogen-bond donors (Lipinski definition) is 0. The van der Waals surface area contributed by atoms with Gasteiger partial charge in [-0.15, -0.1) is 0 Å². The second kappa shape index (κ2) is 11.2. The van der Waals surface area contributed by atoms with E-state index in [1.54, 1.807) is 61.7 Å². The predicted molar refractivity (Wildman–Crippen MR) is 142 cm³/mol. The molecule has 8 nitrogen and oxygen atoms in total. The predicted octanol–water partition coefficient (Wildman–Crippen LogP) is 5.43. The fourth-order valence-corrected chi connectivity index (χ4v) is 5.23. The Hall–Kier alpha value is -4.02. The molecule has 198 valence electrons. The monoisotopic (exact) mass is 554 g/mol. The maximum absolute atomic E-state index is 13.0. The minimum absolute atomic E-state index is 0.0538. The van der Waals surface area contributed by atoms with Gasteiger partial charge in [0.15, 0.2) is 11.5 Å². The van der Waals surface area contributed by atoms with Crippen molar-refractivity contribution in [1.29, 1.82) is 0 Å². The molecule has 0 amide bonds. The van der Waals surface area contributed by atoms with E-state index in [4.69, 9.17) is 17.8 Å². The van der Waals surface area contributed by atoms with Crippen molar-refractivity contribution in [3.05, 3.63) is 108 Å². The highest BCUT2D eigenvalue weighted by atomic mass is 32.2. The Morgan fingerprint density at radius 2 is 1.05 bits per heavy atom. The normalized spacial score (nSPS) is 11.6. The quantitative estimate of drug-likeness (QED) is 0.239. The van der Waals surface area contributed by atoms with Crippen molar-refractivity contribution in [3.8, 4) is 23.0 Å². The zero-order valence-electron chi connectivity index (χ0n) is 20.9. The first-order valence-electron chi connectivity index (χ1n) is 11.5. The Kier molecular flexibility index (Phi) is 7.94. The van der Waals surface area contributed by atoms with Crippen LogP contribution in [-0.4, -0.2) is 23.9 Å². The Bertz CT molecular complexity index is 1610. The van der Waals surface area contributed by atoms with Crippen LogP contribution in [0.3, 0.4) is 0 Å². The van der Waals surface area contributed by atoms with Crippen LogP contribution in [0, 0.1) is 13.8 Å². The van der Waals surface area contributed by atoms with Gasteiger partial charge in [0.2, 0.25) is 0 Å². The minimum atomic E-state index is -4.30. The summed E-state index contributed by atoms with van der Waals surface area (Å²) in [6.45, 7) is 3.70. The summed E-state index contributed by atoms with van der Waals surface area (Å²) in [7, 11) is -7.01. The lowest BCUT2D eigenvalue weighted by molar-refractivity contribution is 0.305. The molecule has 38 heavy (non-hydrogen) atoms. The van der Waals surface area contributed by atoms with Crippen LogP contribution in [0.4, 0.5) is 0 Å². The van der Waals surface area contributed by atoms with Crippen molar-refractivity contribution in [3.63, 3.8) is 0 Å². The van der Waals surface area contributed by atoms with Crippen LogP contribution >= 0.6 is 0 Å². The Balaban J connectivity index is 1.65. The molecular weight excluding hydrogens is 528 g/mol. The first-order valence-corrected chi connectivity index (χ1v) is 14.3. The molecule has 0 saturated heterocycles. The number of methoxy groups -OCH3 is 1. The van der Waals surface area contributed by atoms with Gasteiger partial charge in [-0.1, -0.05) is 41.5 Å². The van der Waals surface area contributed by atoms with E-state index in [0.29, 0.717) is 17.1 Å². The van der Waals surface area contributed by atoms with Gasteiger partial charge in [0.25, 0.3) is 0 Å². The highest BCUT2D eigenvalue weighted by molar-refractivity contribution is 7.87. The third-order valence-corrected chi connectivity index (χ3v) is 7.99. The van der Waals surface area contributed by atoms with Crippen molar-refractivity contribution in [1.82, 2.24) is 0 Å². The first-order chi connectivity index (χ1) is 18.1. The molecule has 0 radical (unpaired) electrons. The summed E-state index contributed by atoms with van der Waals surface area (Å²) in [5, 5.41) is 0. The van der Waals surface area contributed by atoms with E-state index < -0.39 is 20.2 Å². The summed E-state index contributed by atoms with van der Waals surface area (Å²) in [5.74, 6) is 0.653. The molecule has 0 bridgehead atoms. The smallest absolute Gasteiger partial charge is 0.339 e. The van der Waals surface area contributed by atoms with E-state index in [1.807, 2.05) is 13.8 Å².